The van der Waals surface area contributed by atoms with E-state index >= 15 is 0 Å². The van der Waals surface area contributed by atoms with Crippen molar-refractivity contribution < 1.29 is 13.6 Å². The van der Waals surface area contributed by atoms with Gasteiger partial charge in [-0.1, -0.05) is 12.1 Å². The molecule has 3 aromatic rings. The van der Waals surface area contributed by atoms with Crippen LogP contribution in [-0.2, 0) is 11.2 Å². The second-order valence-electron chi connectivity index (χ2n) is 5.56. The summed E-state index contributed by atoms with van der Waals surface area (Å²) in [6, 6.07) is 10.2. The Kier molecular flexibility index (Phi) is 4.83. The molecule has 0 saturated heterocycles. The first-order valence-electron chi connectivity index (χ1n) is 7.76. The van der Waals surface area contributed by atoms with E-state index in [1.54, 1.807) is 24.3 Å². The number of carbonyl (C=O) groups is 1. The van der Waals surface area contributed by atoms with E-state index in [1.165, 1.54) is 6.07 Å². The number of aryl methyl sites for hydroxylation is 1. The molecule has 3 rings (SSSR count). The number of nitrogens with one attached hydrogen (secondary N) is 2. The fourth-order valence-electron chi connectivity index (χ4n) is 2.47. The van der Waals surface area contributed by atoms with Crippen molar-refractivity contribution in [1.82, 2.24) is 9.97 Å². The minimum absolute atomic E-state index is 0.162. The second kappa shape index (κ2) is 7.21. The zero-order chi connectivity index (χ0) is 17.8. The molecule has 2 N–H and O–H groups in total. The Labute approximate surface area is 141 Å². The number of aromatic nitrogens is 2. The van der Waals surface area contributed by atoms with Crippen LogP contribution in [0.3, 0.4) is 0 Å². The SMILES string of the molecule is O=C(CCCc1nc2ccccc2c(=O)[nH]1)Nc1ccc(F)c(F)c1. The molecule has 0 unspecified atom stereocenters. The highest BCUT2D eigenvalue weighted by Gasteiger charge is 2.08. The van der Waals surface area contributed by atoms with Crippen molar-refractivity contribution in [2.45, 2.75) is 19.3 Å². The maximum atomic E-state index is 13.1. The zero-order valence-electron chi connectivity index (χ0n) is 13.2. The van der Waals surface area contributed by atoms with E-state index in [0.717, 1.165) is 12.1 Å². The van der Waals surface area contributed by atoms with Crippen molar-refractivity contribution in [3.8, 4) is 0 Å². The Morgan fingerprint density at radius 3 is 2.72 bits per heavy atom. The lowest BCUT2D eigenvalue weighted by atomic mass is 10.2. The number of fused-ring (bicyclic) bond motifs is 1. The fraction of sp³-hybridized carbons (Fsp3) is 0.167. The number of halogens is 2. The summed E-state index contributed by atoms with van der Waals surface area (Å²) in [5.41, 5.74) is 0.584. The summed E-state index contributed by atoms with van der Waals surface area (Å²) in [7, 11) is 0. The summed E-state index contributed by atoms with van der Waals surface area (Å²) in [4.78, 5) is 30.9. The summed E-state index contributed by atoms with van der Waals surface area (Å²) in [6.45, 7) is 0. The predicted molar refractivity (Wildman–Crippen MR) is 90.3 cm³/mol. The number of anilines is 1. The Balaban J connectivity index is 1.58. The van der Waals surface area contributed by atoms with Crippen LogP contribution in [0.15, 0.2) is 47.3 Å². The molecule has 0 atom stereocenters. The van der Waals surface area contributed by atoms with Gasteiger partial charge in [-0.05, 0) is 30.7 Å². The van der Waals surface area contributed by atoms with Crippen LogP contribution in [0.2, 0.25) is 0 Å². The van der Waals surface area contributed by atoms with Gasteiger partial charge in [-0.2, -0.15) is 0 Å². The summed E-state index contributed by atoms with van der Waals surface area (Å²) in [6.07, 6.45) is 1.04. The Bertz CT molecular complexity index is 985. The Hall–Kier alpha value is -3.09. The van der Waals surface area contributed by atoms with E-state index in [9.17, 15) is 18.4 Å². The quantitative estimate of drug-likeness (QED) is 0.747. The summed E-state index contributed by atoms with van der Waals surface area (Å²) < 4.78 is 25.9. The van der Waals surface area contributed by atoms with Gasteiger partial charge in [0.05, 0.1) is 10.9 Å². The minimum atomic E-state index is -1.02. The summed E-state index contributed by atoms with van der Waals surface area (Å²) >= 11 is 0. The summed E-state index contributed by atoms with van der Waals surface area (Å²) in [5.74, 6) is -1.81. The fourth-order valence-corrected chi connectivity index (χ4v) is 2.47. The monoisotopic (exact) mass is 343 g/mol. The lowest BCUT2D eigenvalue weighted by molar-refractivity contribution is -0.116. The molecule has 7 heteroatoms. The van der Waals surface area contributed by atoms with Crippen LogP contribution < -0.4 is 10.9 Å². The highest BCUT2D eigenvalue weighted by Crippen LogP contribution is 2.14. The molecular formula is C18H15F2N3O2. The Morgan fingerprint density at radius 1 is 1.12 bits per heavy atom. The molecule has 0 aliphatic heterocycles. The highest BCUT2D eigenvalue weighted by atomic mass is 19.2. The van der Waals surface area contributed by atoms with Gasteiger partial charge in [-0.25, -0.2) is 13.8 Å². The van der Waals surface area contributed by atoms with Gasteiger partial charge in [-0.15, -0.1) is 0 Å². The lowest BCUT2D eigenvalue weighted by Gasteiger charge is -2.06. The maximum absolute atomic E-state index is 13.1. The first-order chi connectivity index (χ1) is 12.0. The van der Waals surface area contributed by atoms with Gasteiger partial charge in [0.25, 0.3) is 5.56 Å². The molecule has 0 saturated carbocycles. The number of carbonyl (C=O) groups excluding carboxylic acids is 1. The standard InChI is InChI=1S/C18H15F2N3O2/c19-13-9-8-11(10-14(13)20)21-17(24)7-3-6-16-22-15-5-2-1-4-12(15)18(25)23-16/h1-2,4-5,8-10H,3,6-7H2,(H,21,24)(H,22,23,25). The number of hydrogen-bond acceptors (Lipinski definition) is 3. The van der Waals surface area contributed by atoms with E-state index in [4.69, 9.17) is 0 Å². The van der Waals surface area contributed by atoms with Crippen molar-refractivity contribution in [2.24, 2.45) is 0 Å². The number of para-hydroxylation sites is 1. The molecular weight excluding hydrogens is 328 g/mol. The molecule has 5 nitrogen and oxygen atoms in total. The number of amides is 1. The van der Waals surface area contributed by atoms with E-state index < -0.39 is 11.6 Å². The van der Waals surface area contributed by atoms with Crippen LogP contribution in [0.1, 0.15) is 18.7 Å². The van der Waals surface area contributed by atoms with Crippen molar-refractivity contribution in [2.75, 3.05) is 5.32 Å². The first kappa shape index (κ1) is 16.8. The van der Waals surface area contributed by atoms with Crippen LogP contribution in [0.25, 0.3) is 10.9 Å². The van der Waals surface area contributed by atoms with Gasteiger partial charge in [0.2, 0.25) is 5.91 Å². The van der Waals surface area contributed by atoms with Gasteiger partial charge < -0.3 is 10.3 Å². The molecule has 0 radical (unpaired) electrons. The molecule has 1 amide bonds. The molecule has 25 heavy (non-hydrogen) atoms. The van der Waals surface area contributed by atoms with Gasteiger partial charge in [0.1, 0.15) is 5.82 Å². The number of aromatic amines is 1. The van der Waals surface area contributed by atoms with Gasteiger partial charge in [0.15, 0.2) is 11.6 Å². The predicted octanol–water partition coefficient (Wildman–Crippen LogP) is 3.16. The normalized spacial score (nSPS) is 10.8. The average Bonchev–Trinajstić information content (AvgIpc) is 2.58. The van der Waals surface area contributed by atoms with E-state index in [0.29, 0.717) is 29.6 Å². The molecule has 0 fully saturated rings. The van der Waals surface area contributed by atoms with Crippen LogP contribution in [-0.4, -0.2) is 15.9 Å². The smallest absolute Gasteiger partial charge is 0.258 e. The van der Waals surface area contributed by atoms with Crippen molar-refractivity contribution in [3.05, 3.63) is 70.3 Å². The highest BCUT2D eigenvalue weighted by molar-refractivity contribution is 5.90. The van der Waals surface area contributed by atoms with Crippen LogP contribution >= 0.6 is 0 Å². The third kappa shape index (κ3) is 4.06. The van der Waals surface area contributed by atoms with E-state index in [1.807, 2.05) is 0 Å². The molecule has 0 aliphatic carbocycles. The number of hydrogen-bond donors (Lipinski definition) is 2. The lowest BCUT2D eigenvalue weighted by Crippen LogP contribution is -2.14. The first-order valence-corrected chi connectivity index (χ1v) is 7.76. The van der Waals surface area contributed by atoms with Crippen LogP contribution in [0, 0.1) is 11.6 Å². The molecule has 1 aromatic heterocycles. The number of benzene rings is 2. The Morgan fingerprint density at radius 2 is 1.92 bits per heavy atom. The number of H-pyrrole nitrogens is 1. The molecule has 1 heterocycles. The molecule has 0 spiro atoms. The van der Waals surface area contributed by atoms with Gasteiger partial charge in [-0.3, -0.25) is 9.59 Å². The minimum Gasteiger partial charge on any atom is -0.326 e. The molecule has 0 bridgehead atoms. The molecule has 0 aliphatic rings. The van der Waals surface area contributed by atoms with Crippen LogP contribution in [0.5, 0.6) is 0 Å². The van der Waals surface area contributed by atoms with E-state index in [2.05, 4.69) is 15.3 Å². The summed E-state index contributed by atoms with van der Waals surface area (Å²) in [5, 5.41) is 3.02. The van der Waals surface area contributed by atoms with Gasteiger partial charge in [0, 0.05) is 24.6 Å². The van der Waals surface area contributed by atoms with Crippen LogP contribution in [0.4, 0.5) is 14.5 Å². The topological polar surface area (TPSA) is 74.8 Å². The molecule has 2 aromatic carbocycles. The maximum Gasteiger partial charge on any atom is 0.258 e. The third-order valence-electron chi connectivity index (χ3n) is 3.68. The number of nitrogens with zero attached hydrogens (tertiary/aromatic N) is 1. The van der Waals surface area contributed by atoms with Crippen molar-refractivity contribution in [3.63, 3.8) is 0 Å². The number of rotatable bonds is 5. The molecule has 128 valence electrons. The van der Waals surface area contributed by atoms with E-state index in [-0.39, 0.29) is 23.6 Å². The second-order valence-corrected chi connectivity index (χ2v) is 5.56. The van der Waals surface area contributed by atoms with Crippen molar-refractivity contribution in [1.29, 1.82) is 0 Å². The zero-order valence-corrected chi connectivity index (χ0v) is 13.2. The average molecular weight is 343 g/mol. The third-order valence-corrected chi connectivity index (χ3v) is 3.68. The van der Waals surface area contributed by atoms with Gasteiger partial charge >= 0.3 is 0 Å². The largest absolute Gasteiger partial charge is 0.326 e. The van der Waals surface area contributed by atoms with Crippen molar-refractivity contribution >= 4 is 22.5 Å².